The first-order chi connectivity index (χ1) is 30.0. The lowest BCUT2D eigenvalue weighted by Crippen LogP contribution is -2.46. The van der Waals surface area contributed by atoms with E-state index in [0.29, 0.717) is 19.3 Å². The van der Waals surface area contributed by atoms with Crippen molar-refractivity contribution in [1.82, 2.24) is 5.32 Å². The lowest BCUT2D eigenvalue weighted by molar-refractivity contribution is -0.148. The topological polar surface area (TPSA) is 95.9 Å². The van der Waals surface area contributed by atoms with Gasteiger partial charge in [-0.3, -0.25) is 9.59 Å². The summed E-state index contributed by atoms with van der Waals surface area (Å²) in [5, 5.41) is 23.7. The number of nitrogens with one attached hydrogen (secondary N) is 1. The van der Waals surface area contributed by atoms with Gasteiger partial charge in [0.2, 0.25) is 5.91 Å². The van der Waals surface area contributed by atoms with Gasteiger partial charge < -0.3 is 20.3 Å². The average molecular weight is 852 g/mol. The van der Waals surface area contributed by atoms with E-state index in [1.54, 1.807) is 6.08 Å². The summed E-state index contributed by atoms with van der Waals surface area (Å²) in [7, 11) is 0. The minimum Gasteiger partial charge on any atom is -0.458 e. The van der Waals surface area contributed by atoms with Crippen LogP contribution in [-0.4, -0.2) is 46.9 Å². The Bertz CT molecular complexity index is 1140. The summed E-state index contributed by atoms with van der Waals surface area (Å²) in [6, 6.07) is -0.745. The first kappa shape index (κ1) is 58.3. The van der Waals surface area contributed by atoms with Crippen molar-refractivity contribution in [3.05, 3.63) is 72.9 Å². The maximum atomic E-state index is 13.2. The van der Waals surface area contributed by atoms with E-state index in [1.807, 2.05) is 6.08 Å². The number of hydrogen-bond donors (Lipinski definition) is 3. The molecular weight excluding hydrogens is 755 g/mol. The minimum absolute atomic E-state index is 0.0509. The van der Waals surface area contributed by atoms with E-state index in [-0.39, 0.29) is 24.9 Å². The molecule has 0 aromatic rings. The van der Waals surface area contributed by atoms with Crippen molar-refractivity contribution in [1.29, 1.82) is 0 Å². The molecule has 3 unspecified atom stereocenters. The highest BCUT2D eigenvalue weighted by Gasteiger charge is 2.23. The Morgan fingerprint density at radius 2 is 0.918 bits per heavy atom. The van der Waals surface area contributed by atoms with Gasteiger partial charge in [0, 0.05) is 6.42 Å². The molecule has 0 aromatic carbocycles. The molecular formula is C55H97NO5. The van der Waals surface area contributed by atoms with Gasteiger partial charge in [0.05, 0.1) is 25.2 Å². The smallest absolute Gasteiger partial charge is 0.306 e. The summed E-state index contributed by atoms with van der Waals surface area (Å²) in [4.78, 5) is 26.0. The van der Waals surface area contributed by atoms with Crippen LogP contribution in [0.15, 0.2) is 72.9 Å². The summed E-state index contributed by atoms with van der Waals surface area (Å²) >= 11 is 0. The summed E-state index contributed by atoms with van der Waals surface area (Å²) in [5.41, 5.74) is 0. The van der Waals surface area contributed by atoms with Crippen LogP contribution in [0, 0.1) is 0 Å². The third-order valence-electron chi connectivity index (χ3n) is 11.3. The molecule has 0 rings (SSSR count). The van der Waals surface area contributed by atoms with Gasteiger partial charge in [-0.05, 0) is 76.7 Å². The average Bonchev–Trinajstić information content (AvgIpc) is 3.25. The molecule has 0 aromatic heterocycles. The Balaban J connectivity index is 4.69. The fraction of sp³-hybridized carbons (Fsp3) is 0.745. The van der Waals surface area contributed by atoms with Gasteiger partial charge in [-0.25, -0.2) is 0 Å². The van der Waals surface area contributed by atoms with E-state index < -0.39 is 18.2 Å². The molecule has 0 saturated heterocycles. The Labute approximate surface area is 377 Å². The van der Waals surface area contributed by atoms with Crippen molar-refractivity contribution in [3.63, 3.8) is 0 Å². The van der Waals surface area contributed by atoms with Crippen LogP contribution in [0.3, 0.4) is 0 Å². The van der Waals surface area contributed by atoms with Crippen LogP contribution in [0.2, 0.25) is 0 Å². The third-order valence-corrected chi connectivity index (χ3v) is 11.3. The third kappa shape index (κ3) is 43.7. The maximum Gasteiger partial charge on any atom is 0.306 e. The molecule has 0 bridgehead atoms. The normalized spacial score (nSPS) is 13.9. The van der Waals surface area contributed by atoms with Crippen LogP contribution < -0.4 is 5.32 Å². The van der Waals surface area contributed by atoms with Crippen LogP contribution in [0.25, 0.3) is 0 Å². The van der Waals surface area contributed by atoms with Gasteiger partial charge in [0.1, 0.15) is 6.10 Å². The van der Waals surface area contributed by atoms with E-state index in [4.69, 9.17) is 4.74 Å². The van der Waals surface area contributed by atoms with Gasteiger partial charge in [0.15, 0.2) is 0 Å². The monoisotopic (exact) mass is 852 g/mol. The fourth-order valence-electron chi connectivity index (χ4n) is 7.39. The van der Waals surface area contributed by atoms with E-state index in [0.717, 1.165) is 77.0 Å². The second kappa shape index (κ2) is 48.3. The van der Waals surface area contributed by atoms with Gasteiger partial charge in [0.25, 0.3) is 0 Å². The lowest BCUT2D eigenvalue weighted by Gasteiger charge is -2.23. The molecule has 0 radical (unpaired) electrons. The highest BCUT2D eigenvalue weighted by Crippen LogP contribution is 2.16. The molecule has 0 aliphatic heterocycles. The molecule has 3 atom stereocenters. The molecule has 0 saturated carbocycles. The van der Waals surface area contributed by atoms with Crippen LogP contribution in [0.5, 0.6) is 0 Å². The second-order valence-electron chi connectivity index (χ2n) is 17.2. The van der Waals surface area contributed by atoms with Crippen molar-refractivity contribution in [2.75, 3.05) is 6.61 Å². The first-order valence-corrected chi connectivity index (χ1v) is 25.7. The molecule has 0 aliphatic carbocycles. The number of hydrogen-bond acceptors (Lipinski definition) is 5. The zero-order chi connectivity index (χ0) is 44.5. The molecule has 6 heteroatoms. The summed E-state index contributed by atoms with van der Waals surface area (Å²) in [6.07, 6.45) is 61.4. The largest absolute Gasteiger partial charge is 0.458 e. The molecule has 0 spiro atoms. The number of ether oxygens (including phenoxy) is 1. The van der Waals surface area contributed by atoms with Crippen LogP contribution in [-0.2, 0) is 14.3 Å². The molecule has 3 N–H and O–H groups in total. The molecule has 1 amide bonds. The van der Waals surface area contributed by atoms with E-state index in [9.17, 15) is 19.8 Å². The van der Waals surface area contributed by atoms with Crippen molar-refractivity contribution in [2.24, 2.45) is 0 Å². The predicted molar refractivity (Wildman–Crippen MR) is 264 cm³/mol. The fourth-order valence-corrected chi connectivity index (χ4v) is 7.39. The first-order valence-electron chi connectivity index (χ1n) is 25.7. The van der Waals surface area contributed by atoms with Crippen LogP contribution in [0.4, 0.5) is 0 Å². The molecule has 0 heterocycles. The summed E-state index contributed by atoms with van der Waals surface area (Å²) in [5.74, 6) is -0.640. The Hall–Kier alpha value is -2.70. The number of unbranched alkanes of at least 4 members (excludes halogenated alkanes) is 23. The van der Waals surface area contributed by atoms with Crippen molar-refractivity contribution < 1.29 is 24.5 Å². The zero-order valence-electron chi connectivity index (χ0n) is 40.0. The summed E-state index contributed by atoms with van der Waals surface area (Å²) < 4.78 is 5.81. The number of amides is 1. The van der Waals surface area contributed by atoms with Gasteiger partial charge >= 0.3 is 5.97 Å². The number of aliphatic hydroxyl groups excluding tert-OH is 2. The standard InChI is InChI=1S/C55H97NO5/c1-4-7-10-13-16-19-22-25-27-28-30-32-35-38-41-44-47-53(58)52(50-57)56-54(59)49-51(46-43-40-37-34-31-29-26-23-20-17-14-11-8-5-2)61-55(60)48-45-42-39-36-33-24-21-18-15-12-9-6-3/h8,11,17-18,20-21,26,29,34,37,43,46,51-53,57-58H,4-7,9-10,12-16,19,22-25,27-28,30-33,35-36,38-42,44-45,47-50H2,1-3H3,(H,56,59)/b11-8+,20-17+,21-18-,29-26+,37-34+,46-43+. The van der Waals surface area contributed by atoms with Crippen molar-refractivity contribution in [3.8, 4) is 0 Å². The minimum atomic E-state index is -0.822. The van der Waals surface area contributed by atoms with Gasteiger partial charge in [-0.15, -0.1) is 0 Å². The maximum absolute atomic E-state index is 13.2. The molecule has 6 nitrogen and oxygen atoms in total. The SMILES string of the molecule is CC/C=C/C/C=C/C/C=C/C/C=C/C/C=C/C(CC(=O)NC(CO)C(O)CCCCCCCCCCCCCCCCCC)OC(=O)CCCCCCC/C=C\CCCCC. The molecule has 352 valence electrons. The summed E-state index contributed by atoms with van der Waals surface area (Å²) in [6.45, 7) is 6.31. The highest BCUT2D eigenvalue weighted by molar-refractivity contribution is 5.78. The van der Waals surface area contributed by atoms with E-state index in [2.05, 4.69) is 86.8 Å². The highest BCUT2D eigenvalue weighted by atomic mass is 16.5. The molecule has 0 aliphatic rings. The van der Waals surface area contributed by atoms with E-state index >= 15 is 0 Å². The number of carbonyl (C=O) groups excluding carboxylic acids is 2. The van der Waals surface area contributed by atoms with E-state index in [1.165, 1.54) is 116 Å². The van der Waals surface area contributed by atoms with Gasteiger partial charge in [-0.2, -0.15) is 0 Å². The zero-order valence-corrected chi connectivity index (χ0v) is 40.0. The number of esters is 1. The number of carbonyl (C=O) groups is 2. The van der Waals surface area contributed by atoms with Crippen LogP contribution >= 0.6 is 0 Å². The van der Waals surface area contributed by atoms with Crippen molar-refractivity contribution >= 4 is 11.9 Å². The van der Waals surface area contributed by atoms with Crippen molar-refractivity contribution in [2.45, 2.75) is 257 Å². The molecule has 61 heavy (non-hydrogen) atoms. The number of allylic oxidation sites excluding steroid dienone is 11. The van der Waals surface area contributed by atoms with Crippen LogP contribution in [0.1, 0.15) is 239 Å². The molecule has 0 fully saturated rings. The Morgan fingerprint density at radius 1 is 0.508 bits per heavy atom. The second-order valence-corrected chi connectivity index (χ2v) is 17.2. The number of aliphatic hydroxyl groups is 2. The lowest BCUT2D eigenvalue weighted by atomic mass is 10.0. The quantitative estimate of drug-likeness (QED) is 0.0322. The number of rotatable bonds is 45. The Morgan fingerprint density at radius 3 is 1.41 bits per heavy atom. The van der Waals surface area contributed by atoms with Gasteiger partial charge in [-0.1, -0.05) is 222 Å². The predicted octanol–water partition coefficient (Wildman–Crippen LogP) is 15.4. The Kier molecular flexibility index (Phi) is 46.2.